The summed E-state index contributed by atoms with van der Waals surface area (Å²) in [7, 11) is 0. The standard InChI is InChI=1S/C9H7ClN2O3/c1-5-4-8(15-11-5)6-2-3-7(9(13)14)12(6)10/h2-4H,1H3,(H,13,14). The van der Waals surface area contributed by atoms with Crippen LogP contribution in [0.4, 0.5) is 0 Å². The molecule has 1 N–H and O–H groups in total. The van der Waals surface area contributed by atoms with Crippen LogP contribution in [-0.4, -0.2) is 20.3 Å². The van der Waals surface area contributed by atoms with Crippen molar-refractivity contribution in [1.29, 1.82) is 0 Å². The summed E-state index contributed by atoms with van der Waals surface area (Å²) in [5.41, 5.74) is 1.16. The number of aromatic carboxylic acids is 1. The van der Waals surface area contributed by atoms with E-state index in [2.05, 4.69) is 5.16 Å². The van der Waals surface area contributed by atoms with Gasteiger partial charge in [0.15, 0.2) is 5.76 Å². The number of carboxylic acids is 1. The fraction of sp³-hybridized carbons (Fsp3) is 0.111. The molecule has 0 saturated heterocycles. The second-order valence-electron chi connectivity index (χ2n) is 3.02. The fourth-order valence-electron chi connectivity index (χ4n) is 1.24. The van der Waals surface area contributed by atoms with Gasteiger partial charge < -0.3 is 9.63 Å². The number of aromatic nitrogens is 2. The third-order valence-electron chi connectivity index (χ3n) is 1.92. The molecule has 0 spiro atoms. The molecule has 0 bridgehead atoms. The van der Waals surface area contributed by atoms with Gasteiger partial charge in [-0.2, -0.15) is 0 Å². The molecule has 15 heavy (non-hydrogen) atoms. The van der Waals surface area contributed by atoms with Crippen molar-refractivity contribution in [2.45, 2.75) is 6.92 Å². The van der Waals surface area contributed by atoms with Crippen molar-refractivity contribution in [3.05, 3.63) is 29.6 Å². The van der Waals surface area contributed by atoms with Crippen LogP contribution in [0, 0.1) is 6.92 Å². The van der Waals surface area contributed by atoms with E-state index in [-0.39, 0.29) is 5.69 Å². The van der Waals surface area contributed by atoms with Crippen LogP contribution in [0.3, 0.4) is 0 Å². The molecule has 0 atom stereocenters. The Morgan fingerprint density at radius 2 is 2.33 bits per heavy atom. The zero-order valence-electron chi connectivity index (χ0n) is 7.77. The second-order valence-corrected chi connectivity index (χ2v) is 3.36. The minimum atomic E-state index is -1.09. The number of carbonyl (C=O) groups is 1. The van der Waals surface area contributed by atoms with Crippen molar-refractivity contribution < 1.29 is 14.4 Å². The highest BCUT2D eigenvalue weighted by Crippen LogP contribution is 2.24. The van der Waals surface area contributed by atoms with E-state index >= 15 is 0 Å². The summed E-state index contributed by atoms with van der Waals surface area (Å²) in [6.07, 6.45) is 0. The highest BCUT2D eigenvalue weighted by Gasteiger charge is 2.16. The van der Waals surface area contributed by atoms with Crippen LogP contribution in [0.15, 0.2) is 22.7 Å². The zero-order chi connectivity index (χ0) is 11.0. The van der Waals surface area contributed by atoms with Gasteiger partial charge in [-0.05, 0) is 19.1 Å². The first kappa shape index (κ1) is 9.79. The first-order chi connectivity index (χ1) is 7.09. The lowest BCUT2D eigenvalue weighted by molar-refractivity contribution is 0.0690. The van der Waals surface area contributed by atoms with Crippen LogP contribution in [0.1, 0.15) is 16.2 Å². The van der Waals surface area contributed by atoms with Gasteiger partial charge in [0.2, 0.25) is 0 Å². The van der Waals surface area contributed by atoms with Crippen LogP contribution in [0.2, 0.25) is 0 Å². The largest absolute Gasteiger partial charge is 0.477 e. The molecule has 6 heteroatoms. The van der Waals surface area contributed by atoms with E-state index in [4.69, 9.17) is 21.4 Å². The molecule has 0 aliphatic carbocycles. The van der Waals surface area contributed by atoms with Gasteiger partial charge in [-0.3, -0.25) is 0 Å². The number of hydrogen-bond donors (Lipinski definition) is 1. The smallest absolute Gasteiger partial charge is 0.353 e. The number of carboxylic acid groups (broad SMARTS) is 1. The average molecular weight is 227 g/mol. The third-order valence-corrected chi connectivity index (χ3v) is 2.29. The lowest BCUT2D eigenvalue weighted by Gasteiger charge is -1.97. The van der Waals surface area contributed by atoms with Gasteiger partial charge in [0.05, 0.1) is 5.69 Å². The Kier molecular flexibility index (Phi) is 2.24. The molecule has 78 valence electrons. The van der Waals surface area contributed by atoms with Crippen molar-refractivity contribution >= 4 is 17.7 Å². The minimum Gasteiger partial charge on any atom is -0.477 e. The molecule has 5 nitrogen and oxygen atoms in total. The van der Waals surface area contributed by atoms with Crippen LogP contribution in [-0.2, 0) is 0 Å². The predicted molar refractivity (Wildman–Crippen MR) is 52.9 cm³/mol. The van der Waals surface area contributed by atoms with E-state index in [1.807, 2.05) is 0 Å². The molecule has 0 aliphatic heterocycles. The van der Waals surface area contributed by atoms with Gasteiger partial charge >= 0.3 is 5.97 Å². The normalized spacial score (nSPS) is 10.5. The van der Waals surface area contributed by atoms with Gasteiger partial charge in [0.25, 0.3) is 0 Å². The molecular formula is C9H7ClN2O3. The number of nitrogens with zero attached hydrogens (tertiary/aromatic N) is 2. The Morgan fingerprint density at radius 3 is 2.80 bits per heavy atom. The lowest BCUT2D eigenvalue weighted by atomic mass is 10.3. The highest BCUT2D eigenvalue weighted by molar-refractivity contribution is 6.19. The van der Waals surface area contributed by atoms with Crippen molar-refractivity contribution in [1.82, 2.24) is 9.24 Å². The van der Waals surface area contributed by atoms with Gasteiger partial charge in [0.1, 0.15) is 11.4 Å². The zero-order valence-corrected chi connectivity index (χ0v) is 8.52. The number of hydrogen-bond acceptors (Lipinski definition) is 3. The molecule has 0 aliphatic rings. The van der Waals surface area contributed by atoms with E-state index < -0.39 is 5.97 Å². The molecule has 2 aromatic heterocycles. The topological polar surface area (TPSA) is 68.3 Å². The predicted octanol–water partition coefficient (Wildman–Crippen LogP) is 2.15. The Labute approximate surface area is 90.0 Å². The molecule has 0 radical (unpaired) electrons. The van der Waals surface area contributed by atoms with Crippen LogP contribution in [0.25, 0.3) is 11.5 Å². The summed E-state index contributed by atoms with van der Waals surface area (Å²) < 4.78 is 6.01. The molecular weight excluding hydrogens is 220 g/mol. The summed E-state index contributed by atoms with van der Waals surface area (Å²) >= 11 is 5.81. The summed E-state index contributed by atoms with van der Waals surface area (Å²) in [6, 6.07) is 4.65. The van der Waals surface area contributed by atoms with Crippen LogP contribution < -0.4 is 0 Å². The van der Waals surface area contributed by atoms with E-state index in [0.717, 1.165) is 4.09 Å². The van der Waals surface area contributed by atoms with Crippen molar-refractivity contribution in [3.63, 3.8) is 0 Å². The quantitative estimate of drug-likeness (QED) is 0.852. The Hall–Kier alpha value is -1.75. The first-order valence-electron chi connectivity index (χ1n) is 4.14. The summed E-state index contributed by atoms with van der Waals surface area (Å²) in [5.74, 6) is -0.650. The van der Waals surface area contributed by atoms with Crippen molar-refractivity contribution in [2.75, 3.05) is 0 Å². The molecule has 0 aromatic carbocycles. The van der Waals surface area contributed by atoms with Gasteiger partial charge in [0, 0.05) is 17.8 Å². The third kappa shape index (κ3) is 1.61. The van der Waals surface area contributed by atoms with Gasteiger partial charge in [-0.1, -0.05) is 5.16 Å². The number of rotatable bonds is 2. The van der Waals surface area contributed by atoms with Gasteiger partial charge in [-0.15, -0.1) is 0 Å². The lowest BCUT2D eigenvalue weighted by Crippen LogP contribution is -2.01. The summed E-state index contributed by atoms with van der Waals surface area (Å²) in [6.45, 7) is 1.77. The summed E-state index contributed by atoms with van der Waals surface area (Å²) in [4.78, 5) is 10.7. The van der Waals surface area contributed by atoms with Crippen LogP contribution in [0.5, 0.6) is 0 Å². The second kappa shape index (κ2) is 3.43. The molecule has 2 rings (SSSR count). The maximum atomic E-state index is 10.7. The summed E-state index contributed by atoms with van der Waals surface area (Å²) in [5, 5.41) is 12.5. The van der Waals surface area contributed by atoms with Crippen molar-refractivity contribution in [3.8, 4) is 11.5 Å². The van der Waals surface area contributed by atoms with Crippen LogP contribution >= 0.6 is 11.8 Å². The minimum absolute atomic E-state index is 0.0132. The fourth-order valence-corrected chi connectivity index (χ4v) is 1.51. The molecule has 2 heterocycles. The average Bonchev–Trinajstić information content (AvgIpc) is 2.71. The van der Waals surface area contributed by atoms with Gasteiger partial charge in [-0.25, -0.2) is 8.88 Å². The van der Waals surface area contributed by atoms with Crippen molar-refractivity contribution in [2.24, 2.45) is 0 Å². The Bertz CT molecular complexity index is 515. The molecule has 0 amide bonds. The number of halogens is 1. The molecule has 2 aromatic rings. The Morgan fingerprint density at radius 1 is 1.60 bits per heavy atom. The van der Waals surface area contributed by atoms with E-state index in [1.165, 1.54) is 6.07 Å². The van der Waals surface area contributed by atoms with E-state index in [0.29, 0.717) is 17.1 Å². The maximum absolute atomic E-state index is 10.7. The monoisotopic (exact) mass is 226 g/mol. The van der Waals surface area contributed by atoms with E-state index in [9.17, 15) is 4.79 Å². The molecule has 0 fully saturated rings. The van der Waals surface area contributed by atoms with E-state index in [1.54, 1.807) is 19.1 Å². The SMILES string of the molecule is Cc1cc(-c2ccc(C(=O)O)n2Cl)on1. The first-order valence-corrected chi connectivity index (χ1v) is 4.48. The molecule has 0 saturated carbocycles. The highest BCUT2D eigenvalue weighted by atomic mass is 35.5. The Balaban J connectivity index is 2.50. The molecule has 0 unspecified atom stereocenters. The maximum Gasteiger partial charge on any atom is 0.353 e. The number of aryl methyl sites for hydroxylation is 1.